The van der Waals surface area contributed by atoms with E-state index in [9.17, 15) is 0 Å². The molecule has 2 nitrogen and oxygen atoms in total. The monoisotopic (exact) mass is 253 g/mol. The van der Waals surface area contributed by atoms with Crippen molar-refractivity contribution in [3.63, 3.8) is 0 Å². The van der Waals surface area contributed by atoms with E-state index < -0.39 is 0 Å². The fourth-order valence-corrected chi connectivity index (χ4v) is 2.75. The van der Waals surface area contributed by atoms with Crippen molar-refractivity contribution in [3.8, 4) is 5.75 Å². The van der Waals surface area contributed by atoms with Crippen LogP contribution >= 0.6 is 0 Å². The van der Waals surface area contributed by atoms with Crippen LogP contribution < -0.4 is 10.5 Å². The average Bonchev–Trinajstić information content (AvgIpc) is 2.77. The lowest BCUT2D eigenvalue weighted by Gasteiger charge is -2.16. The van der Waals surface area contributed by atoms with Crippen LogP contribution in [0.5, 0.6) is 5.75 Å². The Morgan fingerprint density at radius 1 is 1.21 bits per heavy atom. The first kappa shape index (κ1) is 12.2. The van der Waals surface area contributed by atoms with Gasteiger partial charge in [0.1, 0.15) is 11.9 Å². The molecule has 2 aromatic rings. The van der Waals surface area contributed by atoms with Crippen molar-refractivity contribution in [2.75, 3.05) is 0 Å². The van der Waals surface area contributed by atoms with Gasteiger partial charge in [-0.3, -0.25) is 0 Å². The molecular formula is C17H19NO. The summed E-state index contributed by atoms with van der Waals surface area (Å²) in [4.78, 5) is 0. The van der Waals surface area contributed by atoms with Crippen LogP contribution in [0.1, 0.15) is 35.2 Å². The Bertz CT molecular complexity index is 606. The molecule has 0 aromatic heterocycles. The Balaban J connectivity index is 1.95. The van der Waals surface area contributed by atoms with Gasteiger partial charge >= 0.3 is 0 Å². The van der Waals surface area contributed by atoms with Gasteiger partial charge in [-0.15, -0.1) is 0 Å². The summed E-state index contributed by atoms with van der Waals surface area (Å²) >= 11 is 0. The molecule has 0 radical (unpaired) electrons. The third-order valence-corrected chi connectivity index (χ3v) is 3.80. The maximum Gasteiger partial charge on any atom is 0.123 e. The summed E-state index contributed by atoms with van der Waals surface area (Å²) in [7, 11) is 0. The molecule has 0 amide bonds. The molecule has 0 bridgehead atoms. The van der Waals surface area contributed by atoms with Gasteiger partial charge in [0.05, 0.1) is 6.04 Å². The largest absolute Gasteiger partial charge is 0.490 e. The first-order valence-electron chi connectivity index (χ1n) is 6.76. The summed E-state index contributed by atoms with van der Waals surface area (Å²) in [5.41, 5.74) is 11.3. The molecule has 1 aliphatic rings. The van der Waals surface area contributed by atoms with Crippen LogP contribution in [0, 0.1) is 6.92 Å². The average molecular weight is 253 g/mol. The molecule has 2 N–H and O–H groups in total. The summed E-state index contributed by atoms with van der Waals surface area (Å²) < 4.78 is 5.73. The van der Waals surface area contributed by atoms with Gasteiger partial charge in [-0.1, -0.05) is 36.4 Å². The Labute approximate surface area is 114 Å². The predicted octanol–water partition coefficient (Wildman–Crippen LogP) is 3.37. The second-order valence-electron chi connectivity index (χ2n) is 5.33. The van der Waals surface area contributed by atoms with E-state index in [1.807, 2.05) is 18.2 Å². The molecule has 0 spiro atoms. The van der Waals surface area contributed by atoms with E-state index in [0.29, 0.717) is 0 Å². The highest BCUT2D eigenvalue weighted by Gasteiger charge is 2.20. The fourth-order valence-electron chi connectivity index (χ4n) is 2.75. The normalized spacial score (nSPS) is 18.8. The van der Waals surface area contributed by atoms with Gasteiger partial charge in [0.2, 0.25) is 0 Å². The zero-order chi connectivity index (χ0) is 13.4. The summed E-state index contributed by atoms with van der Waals surface area (Å²) in [6.07, 6.45) is 1.25. The molecule has 1 heterocycles. The fraction of sp³-hybridized carbons (Fsp3) is 0.294. The van der Waals surface area contributed by atoms with Gasteiger partial charge in [0, 0.05) is 6.42 Å². The molecule has 2 atom stereocenters. The second-order valence-corrected chi connectivity index (χ2v) is 5.33. The number of hydrogen-bond donors (Lipinski definition) is 1. The SMILES string of the molecule is Cc1ccccc1C(N)c1ccc2c(c1)CC(C)O2. The van der Waals surface area contributed by atoms with Crippen LogP contribution in [0.15, 0.2) is 42.5 Å². The molecule has 3 rings (SSSR count). The summed E-state index contributed by atoms with van der Waals surface area (Å²) in [5.74, 6) is 1.01. The highest BCUT2D eigenvalue weighted by Crippen LogP contribution is 2.32. The lowest BCUT2D eigenvalue weighted by atomic mass is 9.94. The number of hydrogen-bond acceptors (Lipinski definition) is 2. The van der Waals surface area contributed by atoms with Crippen molar-refractivity contribution in [1.29, 1.82) is 0 Å². The second kappa shape index (κ2) is 4.71. The number of fused-ring (bicyclic) bond motifs is 1. The number of benzene rings is 2. The van der Waals surface area contributed by atoms with Gasteiger partial charge in [-0.05, 0) is 42.2 Å². The van der Waals surface area contributed by atoms with E-state index in [4.69, 9.17) is 10.5 Å². The Morgan fingerprint density at radius 2 is 2.00 bits per heavy atom. The molecule has 19 heavy (non-hydrogen) atoms. The Hall–Kier alpha value is -1.80. The molecule has 2 unspecified atom stereocenters. The third-order valence-electron chi connectivity index (χ3n) is 3.80. The Kier molecular flexibility index (Phi) is 3.03. The molecule has 0 aliphatic carbocycles. The zero-order valence-electron chi connectivity index (χ0n) is 11.4. The number of ether oxygens (including phenoxy) is 1. The standard InChI is InChI=1S/C17H19NO/c1-11-5-3-4-6-15(11)17(18)13-7-8-16-14(10-13)9-12(2)19-16/h3-8,10,12,17H,9,18H2,1-2H3. The number of nitrogens with two attached hydrogens (primary N) is 1. The lowest BCUT2D eigenvalue weighted by Crippen LogP contribution is -2.13. The van der Waals surface area contributed by atoms with Crippen molar-refractivity contribution in [2.45, 2.75) is 32.4 Å². The van der Waals surface area contributed by atoms with Crippen molar-refractivity contribution >= 4 is 0 Å². The smallest absolute Gasteiger partial charge is 0.123 e. The minimum absolute atomic E-state index is 0.0672. The summed E-state index contributed by atoms with van der Waals surface area (Å²) in [6, 6.07) is 14.5. The van der Waals surface area contributed by atoms with Crippen LogP contribution in [0.4, 0.5) is 0 Å². The molecule has 0 fully saturated rings. The maximum absolute atomic E-state index is 6.41. The highest BCUT2D eigenvalue weighted by atomic mass is 16.5. The maximum atomic E-state index is 6.41. The molecule has 0 saturated heterocycles. The van der Waals surface area contributed by atoms with Gasteiger partial charge < -0.3 is 10.5 Å². The van der Waals surface area contributed by atoms with Crippen molar-refractivity contribution < 1.29 is 4.74 Å². The third kappa shape index (κ3) is 2.24. The van der Waals surface area contributed by atoms with E-state index in [0.717, 1.165) is 17.7 Å². The van der Waals surface area contributed by atoms with Gasteiger partial charge in [-0.25, -0.2) is 0 Å². The highest BCUT2D eigenvalue weighted by molar-refractivity contribution is 5.44. The molecule has 2 heteroatoms. The van der Waals surface area contributed by atoms with E-state index in [2.05, 4.69) is 38.1 Å². The number of aryl methyl sites for hydroxylation is 1. The van der Waals surface area contributed by atoms with Crippen LogP contribution in [0.2, 0.25) is 0 Å². The first-order valence-corrected chi connectivity index (χ1v) is 6.76. The minimum atomic E-state index is -0.0672. The topological polar surface area (TPSA) is 35.2 Å². The lowest BCUT2D eigenvalue weighted by molar-refractivity contribution is 0.254. The molecule has 2 aromatic carbocycles. The molecule has 98 valence electrons. The van der Waals surface area contributed by atoms with Crippen molar-refractivity contribution in [1.82, 2.24) is 0 Å². The minimum Gasteiger partial charge on any atom is -0.490 e. The summed E-state index contributed by atoms with van der Waals surface area (Å²) in [5, 5.41) is 0. The predicted molar refractivity (Wildman–Crippen MR) is 77.4 cm³/mol. The van der Waals surface area contributed by atoms with Gasteiger partial charge in [-0.2, -0.15) is 0 Å². The number of rotatable bonds is 2. The van der Waals surface area contributed by atoms with Crippen molar-refractivity contribution in [3.05, 3.63) is 64.7 Å². The van der Waals surface area contributed by atoms with E-state index in [-0.39, 0.29) is 12.1 Å². The van der Waals surface area contributed by atoms with E-state index in [1.165, 1.54) is 16.7 Å². The molecule has 1 aliphatic heterocycles. The first-order chi connectivity index (χ1) is 9.15. The van der Waals surface area contributed by atoms with Crippen LogP contribution in [-0.4, -0.2) is 6.10 Å². The van der Waals surface area contributed by atoms with Gasteiger partial charge in [0.15, 0.2) is 0 Å². The zero-order valence-corrected chi connectivity index (χ0v) is 11.4. The van der Waals surface area contributed by atoms with Crippen LogP contribution in [0.3, 0.4) is 0 Å². The van der Waals surface area contributed by atoms with Gasteiger partial charge in [0.25, 0.3) is 0 Å². The van der Waals surface area contributed by atoms with Crippen molar-refractivity contribution in [2.24, 2.45) is 5.73 Å². The quantitative estimate of drug-likeness (QED) is 0.890. The van der Waals surface area contributed by atoms with E-state index >= 15 is 0 Å². The van der Waals surface area contributed by atoms with Crippen LogP contribution in [-0.2, 0) is 6.42 Å². The summed E-state index contributed by atoms with van der Waals surface area (Å²) in [6.45, 7) is 4.20. The molecular weight excluding hydrogens is 234 g/mol. The molecule has 0 saturated carbocycles. The van der Waals surface area contributed by atoms with Crippen LogP contribution in [0.25, 0.3) is 0 Å². The van der Waals surface area contributed by atoms with E-state index in [1.54, 1.807) is 0 Å². The Morgan fingerprint density at radius 3 is 2.79 bits per heavy atom.